The lowest BCUT2D eigenvalue weighted by Gasteiger charge is -2.11. The number of phenolic OH excluding ortho intramolecular Hbond substituents is 2. The van der Waals surface area contributed by atoms with Gasteiger partial charge in [0.1, 0.15) is 11.5 Å². The first-order valence-electron chi connectivity index (χ1n) is 6.74. The van der Waals surface area contributed by atoms with Crippen molar-refractivity contribution in [3.05, 3.63) is 59.2 Å². The quantitative estimate of drug-likeness (QED) is 0.741. The van der Waals surface area contributed by atoms with Gasteiger partial charge >= 0.3 is 6.18 Å². The average molecular weight is 311 g/mol. The largest absolute Gasteiger partial charge is 0.508 e. The van der Waals surface area contributed by atoms with Gasteiger partial charge in [-0.25, -0.2) is 0 Å². The molecule has 6 heteroatoms. The SMILES string of the molecule is Oc1cc(C(F)(F)F)ccc1CCNCc1ccccc1O. The summed E-state index contributed by atoms with van der Waals surface area (Å²) in [5.74, 6) is -0.174. The van der Waals surface area contributed by atoms with Gasteiger partial charge in [-0.05, 0) is 36.7 Å². The number of benzene rings is 2. The molecule has 0 saturated carbocycles. The van der Waals surface area contributed by atoms with Crippen molar-refractivity contribution in [1.82, 2.24) is 5.32 Å². The molecular weight excluding hydrogens is 295 g/mol. The standard InChI is InChI=1S/C16H16F3NO2/c17-16(18,19)13-6-5-11(15(22)9-13)7-8-20-10-12-3-1-2-4-14(12)21/h1-6,9,20-22H,7-8,10H2. The third kappa shape index (κ3) is 4.14. The van der Waals surface area contributed by atoms with Crippen LogP contribution in [-0.4, -0.2) is 16.8 Å². The van der Waals surface area contributed by atoms with Gasteiger partial charge in [-0.2, -0.15) is 13.2 Å². The minimum absolute atomic E-state index is 0.187. The lowest BCUT2D eigenvalue weighted by atomic mass is 10.1. The molecule has 0 aliphatic rings. The first kappa shape index (κ1) is 16.2. The normalized spacial score (nSPS) is 11.6. The van der Waals surface area contributed by atoms with Crippen LogP contribution >= 0.6 is 0 Å². The monoisotopic (exact) mass is 311 g/mol. The maximum Gasteiger partial charge on any atom is 0.416 e. The molecule has 0 radical (unpaired) electrons. The number of phenols is 2. The van der Waals surface area contributed by atoms with Crippen molar-refractivity contribution in [3.63, 3.8) is 0 Å². The smallest absolute Gasteiger partial charge is 0.416 e. The molecule has 0 bridgehead atoms. The fourth-order valence-electron chi connectivity index (χ4n) is 2.06. The Bertz CT molecular complexity index is 642. The lowest BCUT2D eigenvalue weighted by Crippen LogP contribution is -2.17. The summed E-state index contributed by atoms with van der Waals surface area (Å²) in [5.41, 5.74) is 0.313. The molecule has 0 unspecified atom stereocenters. The Balaban J connectivity index is 1.89. The molecule has 118 valence electrons. The van der Waals surface area contributed by atoms with E-state index in [1.54, 1.807) is 24.3 Å². The van der Waals surface area contributed by atoms with Crippen LogP contribution in [0.1, 0.15) is 16.7 Å². The number of rotatable bonds is 5. The van der Waals surface area contributed by atoms with E-state index >= 15 is 0 Å². The van der Waals surface area contributed by atoms with Crippen molar-refractivity contribution >= 4 is 0 Å². The van der Waals surface area contributed by atoms with E-state index < -0.39 is 11.7 Å². The molecule has 3 nitrogen and oxygen atoms in total. The highest BCUT2D eigenvalue weighted by molar-refractivity contribution is 5.38. The molecule has 22 heavy (non-hydrogen) atoms. The van der Waals surface area contributed by atoms with E-state index in [9.17, 15) is 23.4 Å². The molecule has 0 aliphatic heterocycles. The molecule has 2 rings (SSSR count). The highest BCUT2D eigenvalue weighted by atomic mass is 19.4. The molecule has 0 aliphatic carbocycles. The van der Waals surface area contributed by atoms with Gasteiger partial charge in [0.25, 0.3) is 0 Å². The van der Waals surface area contributed by atoms with Crippen LogP contribution in [0.3, 0.4) is 0 Å². The second-order valence-corrected chi connectivity index (χ2v) is 4.90. The average Bonchev–Trinajstić information content (AvgIpc) is 2.45. The highest BCUT2D eigenvalue weighted by Gasteiger charge is 2.30. The number of nitrogens with one attached hydrogen (secondary N) is 1. The van der Waals surface area contributed by atoms with Crippen LogP contribution in [0, 0.1) is 0 Å². The number of hydrogen-bond donors (Lipinski definition) is 3. The fourth-order valence-corrected chi connectivity index (χ4v) is 2.06. The van der Waals surface area contributed by atoms with E-state index in [4.69, 9.17) is 0 Å². The molecule has 0 saturated heterocycles. The van der Waals surface area contributed by atoms with Crippen LogP contribution in [0.15, 0.2) is 42.5 Å². The van der Waals surface area contributed by atoms with Gasteiger partial charge < -0.3 is 15.5 Å². The number of halogens is 3. The van der Waals surface area contributed by atoms with Crippen molar-refractivity contribution in [2.45, 2.75) is 19.1 Å². The summed E-state index contributed by atoms with van der Waals surface area (Å²) < 4.78 is 37.5. The molecule has 2 aromatic carbocycles. The summed E-state index contributed by atoms with van der Waals surface area (Å²) in [7, 11) is 0. The topological polar surface area (TPSA) is 52.5 Å². The molecule has 0 aromatic heterocycles. The van der Waals surface area contributed by atoms with Gasteiger partial charge in [-0.15, -0.1) is 0 Å². The zero-order valence-electron chi connectivity index (χ0n) is 11.7. The van der Waals surface area contributed by atoms with Gasteiger partial charge in [0.2, 0.25) is 0 Å². The van der Waals surface area contributed by atoms with Gasteiger partial charge in [-0.3, -0.25) is 0 Å². The van der Waals surface area contributed by atoms with Gasteiger partial charge in [0, 0.05) is 12.1 Å². The molecule has 0 spiro atoms. The summed E-state index contributed by atoms with van der Waals surface area (Å²) in [6.45, 7) is 0.904. The van der Waals surface area contributed by atoms with Crippen LogP contribution in [0.5, 0.6) is 11.5 Å². The van der Waals surface area contributed by atoms with Crippen molar-refractivity contribution in [2.75, 3.05) is 6.54 Å². The summed E-state index contributed by atoms with van der Waals surface area (Å²) >= 11 is 0. The summed E-state index contributed by atoms with van der Waals surface area (Å²) in [6.07, 6.45) is -4.07. The highest BCUT2D eigenvalue weighted by Crippen LogP contribution is 2.32. The molecule has 0 amide bonds. The zero-order chi connectivity index (χ0) is 16.2. The second-order valence-electron chi connectivity index (χ2n) is 4.90. The Hall–Kier alpha value is -2.21. The Morgan fingerprint density at radius 1 is 0.909 bits per heavy atom. The van der Waals surface area contributed by atoms with Crippen molar-refractivity contribution in [3.8, 4) is 11.5 Å². The summed E-state index contributed by atoms with van der Waals surface area (Å²) in [6, 6.07) is 9.85. The minimum Gasteiger partial charge on any atom is -0.508 e. The number of para-hydroxylation sites is 1. The predicted octanol–water partition coefficient (Wildman–Crippen LogP) is 3.45. The number of alkyl halides is 3. The third-order valence-electron chi connectivity index (χ3n) is 3.29. The van der Waals surface area contributed by atoms with E-state index in [0.29, 0.717) is 25.1 Å². The van der Waals surface area contributed by atoms with Crippen LogP contribution in [0.2, 0.25) is 0 Å². The Labute approximate surface area is 126 Å². The van der Waals surface area contributed by atoms with E-state index in [0.717, 1.165) is 17.7 Å². The van der Waals surface area contributed by atoms with E-state index in [1.165, 1.54) is 6.07 Å². The van der Waals surface area contributed by atoms with E-state index in [2.05, 4.69) is 5.32 Å². The predicted molar refractivity (Wildman–Crippen MR) is 76.6 cm³/mol. The Kier molecular flexibility index (Phi) is 4.92. The second kappa shape index (κ2) is 6.70. The van der Waals surface area contributed by atoms with Gasteiger partial charge in [0.05, 0.1) is 5.56 Å². The maximum absolute atomic E-state index is 12.5. The first-order valence-corrected chi connectivity index (χ1v) is 6.74. The molecule has 2 aromatic rings. The molecule has 0 heterocycles. The van der Waals surface area contributed by atoms with Gasteiger partial charge in [-0.1, -0.05) is 24.3 Å². The van der Waals surface area contributed by atoms with Crippen LogP contribution in [-0.2, 0) is 19.1 Å². The van der Waals surface area contributed by atoms with E-state index in [1.807, 2.05) is 0 Å². The summed E-state index contributed by atoms with van der Waals surface area (Å²) in [5, 5.41) is 22.3. The zero-order valence-corrected chi connectivity index (χ0v) is 11.7. The first-order chi connectivity index (χ1) is 10.4. The van der Waals surface area contributed by atoms with Crippen LogP contribution < -0.4 is 5.32 Å². The summed E-state index contributed by atoms with van der Waals surface area (Å²) in [4.78, 5) is 0. The number of hydrogen-bond acceptors (Lipinski definition) is 3. The Morgan fingerprint density at radius 3 is 2.27 bits per heavy atom. The van der Waals surface area contributed by atoms with Crippen LogP contribution in [0.4, 0.5) is 13.2 Å². The van der Waals surface area contributed by atoms with Crippen LogP contribution in [0.25, 0.3) is 0 Å². The molecular formula is C16H16F3NO2. The molecule has 0 fully saturated rings. The Morgan fingerprint density at radius 2 is 1.64 bits per heavy atom. The van der Waals surface area contributed by atoms with E-state index in [-0.39, 0.29) is 11.5 Å². The fraction of sp³-hybridized carbons (Fsp3) is 0.250. The van der Waals surface area contributed by atoms with Crippen molar-refractivity contribution in [2.24, 2.45) is 0 Å². The third-order valence-corrected chi connectivity index (χ3v) is 3.29. The minimum atomic E-state index is -4.46. The maximum atomic E-state index is 12.5. The molecule has 0 atom stereocenters. The van der Waals surface area contributed by atoms with Crippen molar-refractivity contribution in [1.29, 1.82) is 0 Å². The molecule has 3 N–H and O–H groups in total. The van der Waals surface area contributed by atoms with Crippen molar-refractivity contribution < 1.29 is 23.4 Å². The lowest BCUT2D eigenvalue weighted by molar-refractivity contribution is -0.137. The number of aromatic hydroxyl groups is 2. The van der Waals surface area contributed by atoms with Gasteiger partial charge in [0.15, 0.2) is 0 Å².